The maximum Gasteiger partial charge on any atom is 0.322 e. The third-order valence-electron chi connectivity index (χ3n) is 5.91. The van der Waals surface area contributed by atoms with Crippen LogP contribution in [-0.2, 0) is 13.1 Å². The maximum absolute atomic E-state index is 13.3. The Morgan fingerprint density at radius 1 is 0.886 bits per heavy atom. The molecule has 0 unspecified atom stereocenters. The van der Waals surface area contributed by atoms with Crippen LogP contribution in [0, 0.1) is 13.8 Å². The number of aryl methyl sites for hydroxylation is 2. The Hall–Kier alpha value is -4.26. The molecule has 0 bridgehead atoms. The van der Waals surface area contributed by atoms with Gasteiger partial charge in [0.1, 0.15) is 11.5 Å². The molecule has 0 fully saturated rings. The summed E-state index contributed by atoms with van der Waals surface area (Å²) in [6, 6.07) is 20.2. The SMILES string of the molecule is COc1ccc(CN(Cc2cc3c(C)cc(C)cc3[nH]c2=O)C(=O)Nc2ccc(OC)cc2)cc1. The summed E-state index contributed by atoms with van der Waals surface area (Å²) in [7, 11) is 3.20. The second-order valence-corrected chi connectivity index (χ2v) is 8.53. The highest BCUT2D eigenvalue weighted by molar-refractivity contribution is 5.89. The van der Waals surface area contributed by atoms with Crippen LogP contribution >= 0.6 is 0 Å². The van der Waals surface area contributed by atoms with Gasteiger partial charge in [0.25, 0.3) is 5.56 Å². The highest BCUT2D eigenvalue weighted by atomic mass is 16.5. The number of carbonyl (C=O) groups is 1. The van der Waals surface area contributed by atoms with E-state index in [-0.39, 0.29) is 18.1 Å². The Balaban J connectivity index is 1.65. The predicted molar refractivity (Wildman–Crippen MR) is 138 cm³/mol. The summed E-state index contributed by atoms with van der Waals surface area (Å²) >= 11 is 0. The smallest absolute Gasteiger partial charge is 0.322 e. The molecule has 0 saturated carbocycles. The molecule has 1 aromatic heterocycles. The lowest BCUT2D eigenvalue weighted by Crippen LogP contribution is -2.35. The van der Waals surface area contributed by atoms with Gasteiger partial charge in [0.2, 0.25) is 0 Å². The lowest BCUT2D eigenvalue weighted by atomic mass is 10.0. The summed E-state index contributed by atoms with van der Waals surface area (Å²) in [6.45, 7) is 4.48. The zero-order valence-electron chi connectivity index (χ0n) is 20.3. The zero-order valence-corrected chi connectivity index (χ0v) is 20.3. The van der Waals surface area contributed by atoms with Crippen molar-refractivity contribution in [1.29, 1.82) is 0 Å². The van der Waals surface area contributed by atoms with Gasteiger partial charge in [-0.2, -0.15) is 0 Å². The molecule has 0 aliphatic rings. The predicted octanol–water partition coefficient (Wildman–Crippen LogP) is 5.40. The van der Waals surface area contributed by atoms with E-state index in [0.29, 0.717) is 23.5 Å². The number of nitrogens with one attached hydrogen (secondary N) is 2. The van der Waals surface area contributed by atoms with Gasteiger partial charge in [0.05, 0.1) is 20.8 Å². The maximum atomic E-state index is 13.3. The van der Waals surface area contributed by atoms with Crippen molar-refractivity contribution in [1.82, 2.24) is 9.88 Å². The molecule has 180 valence electrons. The molecule has 0 spiro atoms. The molecule has 0 aliphatic carbocycles. The molecular formula is C28H29N3O4. The number of fused-ring (bicyclic) bond motifs is 1. The van der Waals surface area contributed by atoms with Crippen molar-refractivity contribution in [3.63, 3.8) is 0 Å². The number of anilines is 1. The molecule has 0 aliphatic heterocycles. The number of carbonyl (C=O) groups excluding carboxylic acids is 1. The Labute approximate surface area is 204 Å². The molecule has 35 heavy (non-hydrogen) atoms. The van der Waals surface area contributed by atoms with Crippen LogP contribution in [0.2, 0.25) is 0 Å². The van der Waals surface area contributed by atoms with Gasteiger partial charge in [-0.25, -0.2) is 4.79 Å². The van der Waals surface area contributed by atoms with Crippen molar-refractivity contribution in [2.75, 3.05) is 19.5 Å². The monoisotopic (exact) mass is 471 g/mol. The Morgan fingerprint density at radius 3 is 2.14 bits per heavy atom. The fourth-order valence-corrected chi connectivity index (χ4v) is 4.07. The van der Waals surface area contributed by atoms with E-state index in [1.165, 1.54) is 0 Å². The zero-order chi connectivity index (χ0) is 24.9. The molecule has 4 aromatic rings. The number of pyridine rings is 1. The minimum absolute atomic E-state index is 0.145. The van der Waals surface area contributed by atoms with Gasteiger partial charge in [0, 0.05) is 28.7 Å². The van der Waals surface area contributed by atoms with Gasteiger partial charge in [-0.1, -0.05) is 18.2 Å². The molecule has 0 radical (unpaired) electrons. The van der Waals surface area contributed by atoms with Crippen LogP contribution in [0.1, 0.15) is 22.3 Å². The average molecular weight is 472 g/mol. The first kappa shape index (κ1) is 23.9. The standard InChI is InChI=1S/C28H29N3O4/c1-18-13-19(2)25-15-21(27(32)30-26(25)14-18)17-31(16-20-5-9-23(34-3)10-6-20)28(33)29-22-7-11-24(35-4)12-8-22/h5-15H,16-17H2,1-4H3,(H,29,33)(H,30,32). The number of H-pyrrole nitrogens is 1. The fourth-order valence-electron chi connectivity index (χ4n) is 4.07. The molecule has 3 aromatic carbocycles. The van der Waals surface area contributed by atoms with Crippen LogP contribution in [0.25, 0.3) is 10.9 Å². The third kappa shape index (κ3) is 5.63. The van der Waals surface area contributed by atoms with Crippen LogP contribution in [-0.4, -0.2) is 30.1 Å². The number of ether oxygens (including phenoxy) is 2. The highest BCUT2D eigenvalue weighted by Crippen LogP contribution is 2.21. The van der Waals surface area contributed by atoms with Crippen molar-refractivity contribution in [3.05, 3.63) is 99.3 Å². The van der Waals surface area contributed by atoms with Gasteiger partial charge in [-0.05, 0) is 79.1 Å². The average Bonchev–Trinajstić information content (AvgIpc) is 2.85. The highest BCUT2D eigenvalue weighted by Gasteiger charge is 2.18. The van der Waals surface area contributed by atoms with E-state index in [4.69, 9.17) is 9.47 Å². The molecule has 2 N–H and O–H groups in total. The van der Waals surface area contributed by atoms with Crippen molar-refractivity contribution >= 4 is 22.6 Å². The van der Waals surface area contributed by atoms with E-state index in [2.05, 4.69) is 16.4 Å². The first-order valence-electron chi connectivity index (χ1n) is 11.3. The number of hydrogen-bond donors (Lipinski definition) is 2. The third-order valence-corrected chi connectivity index (χ3v) is 5.91. The van der Waals surface area contributed by atoms with Crippen molar-refractivity contribution in [2.45, 2.75) is 26.9 Å². The minimum atomic E-state index is -0.314. The number of hydrogen-bond acceptors (Lipinski definition) is 4. The summed E-state index contributed by atoms with van der Waals surface area (Å²) in [5.74, 6) is 1.44. The molecule has 7 heteroatoms. The number of aromatic nitrogens is 1. The van der Waals surface area contributed by atoms with Crippen LogP contribution in [0.3, 0.4) is 0 Å². The summed E-state index contributed by atoms with van der Waals surface area (Å²) in [5.41, 5.74) is 4.80. The second-order valence-electron chi connectivity index (χ2n) is 8.53. The number of nitrogens with zero attached hydrogens (tertiary/aromatic N) is 1. The largest absolute Gasteiger partial charge is 0.497 e. The van der Waals surface area contributed by atoms with Crippen LogP contribution in [0.4, 0.5) is 10.5 Å². The Kier molecular flexibility index (Phi) is 7.06. The summed E-state index contributed by atoms with van der Waals surface area (Å²) < 4.78 is 10.4. The first-order valence-corrected chi connectivity index (χ1v) is 11.3. The summed E-state index contributed by atoms with van der Waals surface area (Å²) in [5, 5.41) is 3.89. The van der Waals surface area contributed by atoms with Crippen molar-refractivity contribution in [3.8, 4) is 11.5 Å². The quantitative estimate of drug-likeness (QED) is 0.378. The van der Waals surface area contributed by atoms with Gasteiger partial charge in [-0.3, -0.25) is 4.79 Å². The number of amides is 2. The number of benzene rings is 3. The number of urea groups is 1. The van der Waals surface area contributed by atoms with E-state index in [1.54, 1.807) is 43.4 Å². The van der Waals surface area contributed by atoms with E-state index in [0.717, 1.165) is 33.3 Å². The fraction of sp³-hybridized carbons (Fsp3) is 0.214. The van der Waals surface area contributed by atoms with Gasteiger partial charge in [-0.15, -0.1) is 0 Å². The number of aromatic amines is 1. The molecule has 0 atom stereocenters. The van der Waals surface area contributed by atoms with E-state index < -0.39 is 0 Å². The van der Waals surface area contributed by atoms with E-state index >= 15 is 0 Å². The second kappa shape index (κ2) is 10.3. The van der Waals surface area contributed by atoms with Crippen LogP contribution in [0.15, 0.2) is 71.5 Å². The van der Waals surface area contributed by atoms with Gasteiger partial charge < -0.3 is 24.7 Å². The van der Waals surface area contributed by atoms with Crippen molar-refractivity contribution < 1.29 is 14.3 Å². The van der Waals surface area contributed by atoms with Crippen LogP contribution < -0.4 is 20.3 Å². The summed E-state index contributed by atoms with van der Waals surface area (Å²) in [6.07, 6.45) is 0. The molecular weight excluding hydrogens is 442 g/mol. The normalized spacial score (nSPS) is 10.7. The number of methoxy groups -OCH3 is 2. The lowest BCUT2D eigenvalue weighted by molar-refractivity contribution is 0.206. The molecule has 2 amide bonds. The molecule has 0 saturated heterocycles. The van der Waals surface area contributed by atoms with E-state index in [9.17, 15) is 9.59 Å². The molecule has 7 nitrogen and oxygen atoms in total. The number of rotatable bonds is 7. The Morgan fingerprint density at radius 2 is 1.51 bits per heavy atom. The summed E-state index contributed by atoms with van der Waals surface area (Å²) in [4.78, 5) is 30.9. The van der Waals surface area contributed by atoms with Crippen molar-refractivity contribution in [2.24, 2.45) is 0 Å². The molecule has 1 heterocycles. The first-order chi connectivity index (χ1) is 16.9. The minimum Gasteiger partial charge on any atom is -0.497 e. The van der Waals surface area contributed by atoms with Crippen LogP contribution in [0.5, 0.6) is 11.5 Å². The molecule has 4 rings (SSSR count). The topological polar surface area (TPSA) is 83.7 Å². The lowest BCUT2D eigenvalue weighted by Gasteiger charge is -2.23. The van der Waals surface area contributed by atoms with E-state index in [1.807, 2.05) is 50.2 Å². The van der Waals surface area contributed by atoms with Gasteiger partial charge >= 0.3 is 6.03 Å². The van der Waals surface area contributed by atoms with Gasteiger partial charge in [0.15, 0.2) is 0 Å². The Bertz CT molecular complexity index is 1390.